The van der Waals surface area contributed by atoms with E-state index in [1.807, 2.05) is 0 Å². The van der Waals surface area contributed by atoms with Crippen molar-refractivity contribution in [1.29, 1.82) is 0 Å². The molecule has 33 heavy (non-hydrogen) atoms. The van der Waals surface area contributed by atoms with Gasteiger partial charge < -0.3 is 24.1 Å². The lowest BCUT2D eigenvalue weighted by molar-refractivity contribution is -0.128. The van der Waals surface area contributed by atoms with Crippen LogP contribution >= 0.6 is 0 Å². The summed E-state index contributed by atoms with van der Waals surface area (Å²) >= 11 is 0. The summed E-state index contributed by atoms with van der Waals surface area (Å²) in [7, 11) is 1.53. The molecule has 4 rings (SSSR count). The molecule has 3 amide bonds. The number of halogens is 1. The third-order valence-electron chi connectivity index (χ3n) is 6.06. The molecule has 1 aromatic carbocycles. The van der Waals surface area contributed by atoms with E-state index in [1.54, 1.807) is 12.1 Å². The molecule has 2 saturated heterocycles. The van der Waals surface area contributed by atoms with Crippen LogP contribution in [0.25, 0.3) is 0 Å². The van der Waals surface area contributed by atoms with Crippen molar-refractivity contribution in [2.75, 3.05) is 40.0 Å². The SMILES string of the molecule is COCCNC(=O)[C@H]1COC2(CCN(C(=O)c3ccccc3F)CC2)N1C(=O)c1ccco1. The second-order valence-corrected chi connectivity index (χ2v) is 7.98. The van der Waals surface area contributed by atoms with Crippen molar-refractivity contribution in [2.24, 2.45) is 0 Å². The second-order valence-electron chi connectivity index (χ2n) is 7.98. The Bertz CT molecular complexity index is 1000. The van der Waals surface area contributed by atoms with E-state index in [1.165, 1.54) is 47.4 Å². The number of methoxy groups -OCH3 is 1. The zero-order valence-corrected chi connectivity index (χ0v) is 18.3. The molecule has 0 aliphatic carbocycles. The van der Waals surface area contributed by atoms with E-state index in [0.717, 1.165) is 0 Å². The molecule has 0 saturated carbocycles. The van der Waals surface area contributed by atoms with Crippen LogP contribution in [0.4, 0.5) is 4.39 Å². The van der Waals surface area contributed by atoms with Crippen LogP contribution in [-0.4, -0.2) is 79.2 Å². The highest BCUT2D eigenvalue weighted by Gasteiger charge is 2.54. The maximum atomic E-state index is 14.1. The fourth-order valence-electron chi connectivity index (χ4n) is 4.34. The number of benzene rings is 1. The average molecular weight is 459 g/mol. The van der Waals surface area contributed by atoms with Gasteiger partial charge in [0, 0.05) is 39.6 Å². The van der Waals surface area contributed by atoms with Gasteiger partial charge in [0.1, 0.15) is 17.6 Å². The van der Waals surface area contributed by atoms with Crippen LogP contribution in [0.5, 0.6) is 0 Å². The number of piperidine rings is 1. The summed E-state index contributed by atoms with van der Waals surface area (Å²) in [5.74, 6) is -1.72. The Morgan fingerprint density at radius 2 is 1.91 bits per heavy atom. The molecule has 3 heterocycles. The van der Waals surface area contributed by atoms with Crippen LogP contribution in [-0.2, 0) is 14.3 Å². The molecule has 1 aromatic heterocycles. The summed E-state index contributed by atoms with van der Waals surface area (Å²) in [5, 5.41) is 2.76. The minimum absolute atomic E-state index is 0.000272. The van der Waals surface area contributed by atoms with Gasteiger partial charge in [-0.15, -0.1) is 0 Å². The van der Waals surface area contributed by atoms with Gasteiger partial charge in [-0.05, 0) is 24.3 Å². The Morgan fingerprint density at radius 1 is 1.15 bits per heavy atom. The highest BCUT2D eigenvalue weighted by Crippen LogP contribution is 2.39. The van der Waals surface area contributed by atoms with Gasteiger partial charge in [0.05, 0.1) is 25.0 Å². The number of ether oxygens (including phenoxy) is 2. The molecule has 0 radical (unpaired) electrons. The Hall–Kier alpha value is -3.24. The first-order valence-corrected chi connectivity index (χ1v) is 10.8. The highest BCUT2D eigenvalue weighted by molar-refractivity contribution is 5.97. The first-order valence-electron chi connectivity index (χ1n) is 10.8. The standard InChI is InChI=1S/C23H26FN3O6/c1-31-14-10-25-20(28)18-15-33-23(27(18)22(30)19-7-4-13-32-19)8-11-26(12-9-23)21(29)16-5-2-3-6-17(16)24/h2-7,13,18H,8-12,14-15H2,1H3,(H,25,28)/t18-/m1/s1. The van der Waals surface area contributed by atoms with Crippen molar-refractivity contribution in [3.05, 3.63) is 59.8 Å². The number of rotatable bonds is 6. The zero-order chi connectivity index (χ0) is 23.4. The summed E-state index contributed by atoms with van der Waals surface area (Å²) in [5.41, 5.74) is -1.07. The molecule has 1 atom stereocenters. The highest BCUT2D eigenvalue weighted by atomic mass is 19.1. The molecule has 1 spiro atoms. The molecule has 2 fully saturated rings. The van der Waals surface area contributed by atoms with Crippen LogP contribution in [0.1, 0.15) is 33.8 Å². The normalized spacial score (nSPS) is 19.6. The van der Waals surface area contributed by atoms with Crippen LogP contribution in [0.2, 0.25) is 0 Å². The van der Waals surface area contributed by atoms with Crippen molar-refractivity contribution in [2.45, 2.75) is 24.6 Å². The van der Waals surface area contributed by atoms with Crippen LogP contribution in [0, 0.1) is 5.82 Å². The quantitative estimate of drug-likeness (QED) is 0.660. The molecule has 2 aliphatic rings. The van der Waals surface area contributed by atoms with Crippen LogP contribution in [0.3, 0.4) is 0 Å². The summed E-state index contributed by atoms with van der Waals surface area (Å²) in [4.78, 5) is 42.0. The number of likely N-dealkylation sites (tertiary alicyclic amines) is 1. The molecule has 0 bridgehead atoms. The smallest absolute Gasteiger partial charge is 0.292 e. The summed E-state index contributed by atoms with van der Waals surface area (Å²) in [6, 6.07) is 8.10. The first kappa shape index (κ1) is 22.9. The maximum absolute atomic E-state index is 14.1. The Labute approximate surface area is 190 Å². The summed E-state index contributed by atoms with van der Waals surface area (Å²) < 4.78 is 30.4. The molecule has 10 heteroatoms. The third kappa shape index (κ3) is 4.49. The summed E-state index contributed by atoms with van der Waals surface area (Å²) in [6.07, 6.45) is 1.95. The van der Waals surface area contributed by atoms with E-state index in [4.69, 9.17) is 13.9 Å². The lowest BCUT2D eigenvalue weighted by Gasteiger charge is -2.44. The largest absolute Gasteiger partial charge is 0.459 e. The second kappa shape index (κ2) is 9.72. The monoisotopic (exact) mass is 459 g/mol. The lowest BCUT2D eigenvalue weighted by atomic mass is 9.96. The zero-order valence-electron chi connectivity index (χ0n) is 18.3. The van der Waals surface area contributed by atoms with Crippen LogP contribution < -0.4 is 5.32 Å². The van der Waals surface area contributed by atoms with Gasteiger partial charge in [-0.2, -0.15) is 0 Å². The Morgan fingerprint density at radius 3 is 2.58 bits per heavy atom. The molecule has 9 nitrogen and oxygen atoms in total. The molecule has 1 N–H and O–H groups in total. The number of carbonyl (C=O) groups is 3. The topological polar surface area (TPSA) is 101 Å². The Kier molecular flexibility index (Phi) is 6.75. The number of nitrogens with zero attached hydrogens (tertiary/aromatic N) is 2. The fourth-order valence-corrected chi connectivity index (χ4v) is 4.34. The third-order valence-corrected chi connectivity index (χ3v) is 6.06. The van der Waals surface area contributed by atoms with E-state index in [-0.39, 0.29) is 49.8 Å². The number of amides is 3. The molecular weight excluding hydrogens is 433 g/mol. The number of hydrogen-bond donors (Lipinski definition) is 1. The molecule has 0 unspecified atom stereocenters. The number of furan rings is 1. The van der Waals surface area contributed by atoms with Gasteiger partial charge in [0.25, 0.3) is 11.8 Å². The molecule has 176 valence electrons. The maximum Gasteiger partial charge on any atom is 0.292 e. The Balaban J connectivity index is 1.53. The first-order chi connectivity index (χ1) is 16.0. The van der Waals surface area contributed by atoms with Crippen molar-refractivity contribution < 1.29 is 32.7 Å². The van der Waals surface area contributed by atoms with Gasteiger partial charge in [0.2, 0.25) is 5.91 Å². The predicted molar refractivity (Wildman–Crippen MR) is 114 cm³/mol. The molecular formula is C23H26FN3O6. The van der Waals surface area contributed by atoms with Crippen molar-refractivity contribution in [3.8, 4) is 0 Å². The number of carbonyl (C=O) groups excluding carboxylic acids is 3. The van der Waals surface area contributed by atoms with Crippen molar-refractivity contribution in [1.82, 2.24) is 15.1 Å². The van der Waals surface area contributed by atoms with E-state index in [2.05, 4.69) is 5.32 Å². The van der Waals surface area contributed by atoms with E-state index >= 15 is 0 Å². The molecule has 2 aromatic rings. The average Bonchev–Trinajstić information content (AvgIpc) is 3.48. The van der Waals surface area contributed by atoms with E-state index in [0.29, 0.717) is 13.2 Å². The van der Waals surface area contributed by atoms with Gasteiger partial charge in [-0.1, -0.05) is 12.1 Å². The van der Waals surface area contributed by atoms with Gasteiger partial charge in [0.15, 0.2) is 5.76 Å². The van der Waals surface area contributed by atoms with E-state index < -0.39 is 29.4 Å². The fraction of sp³-hybridized carbons (Fsp3) is 0.435. The van der Waals surface area contributed by atoms with Gasteiger partial charge in [-0.3, -0.25) is 19.3 Å². The lowest BCUT2D eigenvalue weighted by Crippen LogP contribution is -2.60. The van der Waals surface area contributed by atoms with Crippen molar-refractivity contribution >= 4 is 17.7 Å². The number of hydrogen-bond acceptors (Lipinski definition) is 6. The van der Waals surface area contributed by atoms with Gasteiger partial charge in [-0.25, -0.2) is 4.39 Å². The minimum atomic E-state index is -1.07. The number of nitrogens with one attached hydrogen (secondary N) is 1. The minimum Gasteiger partial charge on any atom is -0.459 e. The van der Waals surface area contributed by atoms with Crippen molar-refractivity contribution in [3.63, 3.8) is 0 Å². The van der Waals surface area contributed by atoms with E-state index in [9.17, 15) is 18.8 Å². The summed E-state index contributed by atoms with van der Waals surface area (Å²) in [6.45, 7) is 1.14. The van der Waals surface area contributed by atoms with Crippen LogP contribution in [0.15, 0.2) is 47.1 Å². The predicted octanol–water partition coefficient (Wildman–Crippen LogP) is 1.65. The van der Waals surface area contributed by atoms with Gasteiger partial charge >= 0.3 is 0 Å². The molecule has 2 aliphatic heterocycles.